The summed E-state index contributed by atoms with van der Waals surface area (Å²) in [6.45, 7) is 12.0. The minimum absolute atomic E-state index is 0.106. The molecule has 17 nitrogen and oxygen atoms in total. The van der Waals surface area contributed by atoms with E-state index in [4.69, 9.17) is 37.0 Å². The molecule has 0 rings (SSSR count). The number of hydrogen-bond donors (Lipinski definition) is 3. The highest BCUT2D eigenvalue weighted by Crippen LogP contribution is 2.45. The third-order valence-electron chi connectivity index (χ3n) is 18.6. The molecular weight excluding hydrogens is 1260 g/mol. The molecule has 7 atom stereocenters. The number of esters is 4. The van der Waals surface area contributed by atoms with Crippen LogP contribution in [0.1, 0.15) is 395 Å². The molecule has 0 aromatic carbocycles. The molecule has 3 N–H and O–H groups in total. The molecule has 96 heavy (non-hydrogen) atoms. The average molecular weight is 1410 g/mol. The first kappa shape index (κ1) is 94.1. The van der Waals surface area contributed by atoms with Crippen LogP contribution in [0.15, 0.2) is 0 Å². The molecule has 0 aromatic rings. The van der Waals surface area contributed by atoms with Gasteiger partial charge in [-0.25, -0.2) is 9.13 Å². The Morgan fingerprint density at radius 1 is 0.302 bits per heavy atom. The number of carbonyl (C=O) groups is 4. The molecule has 0 aliphatic rings. The Kier molecular flexibility index (Phi) is 66.2. The number of phosphoric ester groups is 2. The number of phosphoric acid groups is 2. The van der Waals surface area contributed by atoms with Gasteiger partial charge in [0.1, 0.15) is 19.3 Å². The van der Waals surface area contributed by atoms with Crippen LogP contribution in [0, 0.1) is 17.8 Å². The van der Waals surface area contributed by atoms with Crippen LogP contribution in [0.2, 0.25) is 0 Å². The van der Waals surface area contributed by atoms with Crippen molar-refractivity contribution < 1.29 is 80.2 Å². The van der Waals surface area contributed by atoms with E-state index in [0.717, 1.165) is 114 Å². The average Bonchev–Trinajstić information content (AvgIpc) is 1.78. The summed E-state index contributed by atoms with van der Waals surface area (Å²) < 4.78 is 68.5. The Morgan fingerprint density at radius 2 is 0.531 bits per heavy atom. The van der Waals surface area contributed by atoms with E-state index in [-0.39, 0.29) is 25.7 Å². The molecule has 570 valence electrons. The summed E-state index contributed by atoms with van der Waals surface area (Å²) in [7, 11) is -9.91. The Balaban J connectivity index is 5.23. The maximum Gasteiger partial charge on any atom is 0.472 e. The normalized spacial score (nSPS) is 14.6. The molecule has 0 saturated carbocycles. The zero-order valence-corrected chi connectivity index (χ0v) is 64.6. The van der Waals surface area contributed by atoms with Gasteiger partial charge in [-0.1, -0.05) is 344 Å². The summed E-state index contributed by atoms with van der Waals surface area (Å²) in [5, 5.41) is 10.6. The van der Waals surface area contributed by atoms with Gasteiger partial charge in [0, 0.05) is 25.7 Å². The Morgan fingerprint density at radius 3 is 0.792 bits per heavy atom. The van der Waals surface area contributed by atoms with Gasteiger partial charge in [0.05, 0.1) is 26.4 Å². The van der Waals surface area contributed by atoms with Gasteiger partial charge >= 0.3 is 39.5 Å². The van der Waals surface area contributed by atoms with Crippen LogP contribution < -0.4 is 0 Å². The molecule has 4 unspecified atom stereocenters. The van der Waals surface area contributed by atoms with Crippen molar-refractivity contribution in [2.24, 2.45) is 17.8 Å². The fourth-order valence-electron chi connectivity index (χ4n) is 11.7. The molecule has 0 radical (unpaired) electrons. The van der Waals surface area contributed by atoms with Crippen molar-refractivity contribution in [3.63, 3.8) is 0 Å². The number of unbranched alkanes of at least 4 members (excludes halogenated alkanes) is 41. The fraction of sp³-hybridized carbons (Fsp3) is 0.948. The van der Waals surface area contributed by atoms with Gasteiger partial charge in [-0.3, -0.25) is 37.3 Å². The molecule has 0 aliphatic heterocycles. The maximum absolute atomic E-state index is 13.1. The van der Waals surface area contributed by atoms with Gasteiger partial charge in [-0.15, -0.1) is 0 Å². The SMILES string of the molecule is CCCCCCCCCCC(=O)OC[C@H](COP(=O)(O)OC[C@H](O)COP(=O)(O)OC[C@@H](COC(=O)CCCCCCCCCCCCCCCC(C)C)OC(=O)CCCCCCCCCCCCCCCCC(C)CC)OC(=O)CCCCCCCCCCCCC(C)CC. The Hall–Kier alpha value is -1.94. The predicted molar refractivity (Wildman–Crippen MR) is 391 cm³/mol. The van der Waals surface area contributed by atoms with E-state index >= 15 is 0 Å². The van der Waals surface area contributed by atoms with E-state index in [9.17, 15) is 43.2 Å². The second kappa shape index (κ2) is 67.5. The van der Waals surface area contributed by atoms with Gasteiger partial charge in [-0.05, 0) is 43.4 Å². The van der Waals surface area contributed by atoms with Crippen LogP contribution in [0.25, 0.3) is 0 Å². The molecule has 0 amide bonds. The lowest BCUT2D eigenvalue weighted by atomic mass is 9.99. The smallest absolute Gasteiger partial charge is 0.462 e. The highest BCUT2D eigenvalue weighted by molar-refractivity contribution is 7.47. The topological polar surface area (TPSA) is 237 Å². The van der Waals surface area contributed by atoms with E-state index in [2.05, 4.69) is 48.5 Å². The maximum atomic E-state index is 13.1. The standard InChI is InChI=1S/C77H150O17P2/c1-8-11-12-13-14-37-44-51-58-74(79)87-64-72(93-77(82)61-54-47-40-33-27-26-30-36-43-50-57-70(7)10-3)66-91-95(83,84)89-62-71(78)63-90-96(85,86)92-67-73(65-88-75(80)59-52-45-38-31-24-21-17-18-22-28-34-41-48-55-68(4)5)94-76(81)60-53-46-39-32-25-20-16-15-19-23-29-35-42-49-56-69(6)9-2/h68-73,78H,8-67H2,1-7H3,(H,83,84)(H,85,86)/t69?,70?,71-,72+,73+/m0/s1. The molecule has 0 spiro atoms. The van der Waals surface area contributed by atoms with Crippen molar-refractivity contribution in [2.45, 2.75) is 414 Å². The molecule has 0 heterocycles. The number of hydrogen-bond acceptors (Lipinski definition) is 15. The minimum Gasteiger partial charge on any atom is -0.462 e. The van der Waals surface area contributed by atoms with Crippen molar-refractivity contribution in [1.82, 2.24) is 0 Å². The second-order valence-corrected chi connectivity index (χ2v) is 31.6. The fourth-order valence-corrected chi connectivity index (χ4v) is 13.3. The van der Waals surface area contributed by atoms with Crippen LogP contribution in [0.5, 0.6) is 0 Å². The van der Waals surface area contributed by atoms with Crippen LogP contribution in [0.3, 0.4) is 0 Å². The lowest BCUT2D eigenvalue weighted by Crippen LogP contribution is -2.30. The molecular formula is C77H150O17P2. The second-order valence-electron chi connectivity index (χ2n) is 28.7. The van der Waals surface area contributed by atoms with Gasteiger partial charge in [-0.2, -0.15) is 0 Å². The van der Waals surface area contributed by atoms with E-state index in [0.29, 0.717) is 25.7 Å². The summed E-state index contributed by atoms with van der Waals surface area (Å²) in [4.78, 5) is 72.8. The van der Waals surface area contributed by atoms with E-state index in [1.54, 1.807) is 0 Å². The third kappa shape index (κ3) is 67.9. The number of aliphatic hydroxyl groups is 1. The minimum atomic E-state index is -4.96. The lowest BCUT2D eigenvalue weighted by Gasteiger charge is -2.21. The summed E-state index contributed by atoms with van der Waals surface area (Å²) in [6, 6.07) is 0. The van der Waals surface area contributed by atoms with Gasteiger partial charge in [0.25, 0.3) is 0 Å². The van der Waals surface area contributed by atoms with Gasteiger partial charge < -0.3 is 33.8 Å². The number of aliphatic hydroxyl groups excluding tert-OH is 1. The van der Waals surface area contributed by atoms with E-state index < -0.39 is 97.5 Å². The van der Waals surface area contributed by atoms with Crippen molar-refractivity contribution in [2.75, 3.05) is 39.6 Å². The molecule has 0 bridgehead atoms. The van der Waals surface area contributed by atoms with Crippen LogP contribution in [-0.4, -0.2) is 96.7 Å². The first-order chi connectivity index (χ1) is 46.3. The summed E-state index contributed by atoms with van der Waals surface area (Å²) in [6.07, 6.45) is 54.0. The summed E-state index contributed by atoms with van der Waals surface area (Å²) in [5.41, 5.74) is 0. The Labute approximate surface area is 588 Å². The van der Waals surface area contributed by atoms with E-state index in [1.165, 1.54) is 199 Å². The molecule has 0 fully saturated rings. The largest absolute Gasteiger partial charge is 0.472 e. The number of ether oxygens (including phenoxy) is 4. The predicted octanol–water partition coefficient (Wildman–Crippen LogP) is 22.6. The van der Waals surface area contributed by atoms with E-state index in [1.807, 2.05) is 0 Å². The monoisotopic (exact) mass is 1410 g/mol. The first-order valence-electron chi connectivity index (χ1n) is 39.9. The van der Waals surface area contributed by atoms with Crippen molar-refractivity contribution in [3.8, 4) is 0 Å². The highest BCUT2D eigenvalue weighted by Gasteiger charge is 2.30. The third-order valence-corrected chi connectivity index (χ3v) is 20.5. The van der Waals surface area contributed by atoms with Crippen molar-refractivity contribution in [3.05, 3.63) is 0 Å². The molecule has 0 aromatic heterocycles. The van der Waals surface area contributed by atoms with Crippen molar-refractivity contribution in [1.29, 1.82) is 0 Å². The van der Waals surface area contributed by atoms with Crippen molar-refractivity contribution >= 4 is 39.5 Å². The number of carbonyl (C=O) groups excluding carboxylic acids is 4. The summed E-state index contributed by atoms with van der Waals surface area (Å²) >= 11 is 0. The van der Waals surface area contributed by atoms with Gasteiger partial charge in [0.15, 0.2) is 12.2 Å². The number of rotatable bonds is 75. The highest BCUT2D eigenvalue weighted by atomic mass is 31.2. The summed E-state index contributed by atoms with van der Waals surface area (Å²) in [5.74, 6) is 0.322. The zero-order chi connectivity index (χ0) is 70.9. The van der Waals surface area contributed by atoms with Crippen LogP contribution >= 0.6 is 15.6 Å². The van der Waals surface area contributed by atoms with Crippen LogP contribution in [0.4, 0.5) is 0 Å². The molecule has 0 saturated heterocycles. The molecule has 19 heteroatoms. The zero-order valence-electron chi connectivity index (χ0n) is 62.8. The Bertz CT molecular complexity index is 1870. The van der Waals surface area contributed by atoms with Crippen LogP contribution in [-0.2, 0) is 65.4 Å². The first-order valence-corrected chi connectivity index (χ1v) is 42.9. The quantitative estimate of drug-likeness (QED) is 0.0222. The lowest BCUT2D eigenvalue weighted by molar-refractivity contribution is -0.161. The molecule has 0 aliphatic carbocycles. The van der Waals surface area contributed by atoms with Gasteiger partial charge in [0.2, 0.25) is 0 Å².